The number of rotatable bonds is 6. The van der Waals surface area contributed by atoms with Crippen LogP contribution in [0.5, 0.6) is 5.75 Å². The van der Waals surface area contributed by atoms with Crippen LogP contribution in [0.2, 0.25) is 5.02 Å². The zero-order valence-corrected chi connectivity index (χ0v) is 34.3. The van der Waals surface area contributed by atoms with Gasteiger partial charge in [-0.1, -0.05) is 36.7 Å². The maximum absolute atomic E-state index is 13.9. The molecule has 12 heteroatoms. The minimum Gasteiger partial charge on any atom is -0.490 e. The lowest BCUT2D eigenvalue weighted by molar-refractivity contribution is -0.0961. The van der Waals surface area contributed by atoms with Gasteiger partial charge in [0.1, 0.15) is 16.6 Å². The third kappa shape index (κ3) is 7.83. The second-order valence-corrected chi connectivity index (χ2v) is 19.2. The van der Waals surface area contributed by atoms with Crippen molar-refractivity contribution < 1.29 is 27.4 Å². The van der Waals surface area contributed by atoms with Gasteiger partial charge in [-0.05, 0) is 112 Å². The number of nitrogens with zero attached hydrogens (tertiary/aromatic N) is 3. The van der Waals surface area contributed by atoms with Gasteiger partial charge in [-0.2, -0.15) is 0 Å². The van der Waals surface area contributed by atoms with Gasteiger partial charge in [-0.3, -0.25) is 14.6 Å². The Bertz CT molecular complexity index is 1820. The first-order chi connectivity index (χ1) is 25.9. The minimum absolute atomic E-state index is 0.0293. The molecule has 0 unspecified atom stereocenters. The van der Waals surface area contributed by atoms with Gasteiger partial charge in [0.15, 0.2) is 0 Å². The largest absolute Gasteiger partial charge is 0.490 e. The van der Waals surface area contributed by atoms with E-state index in [0.717, 1.165) is 82.1 Å². The van der Waals surface area contributed by atoms with E-state index >= 15 is 0 Å². The molecule has 1 N–H and O–H groups in total. The van der Waals surface area contributed by atoms with Crippen molar-refractivity contribution in [2.45, 2.75) is 81.6 Å². The SMILES string of the molecule is COC[C@@H]1[C@@H](C)C/C=C/[C@](CN2CCN(C(C)C)CC2)(OC)[C@@H]2CC[C@H]2CN2C[C@@]3(CCCc4cc(Cl)ccc43)COc3ccc(cc32)C(=O)NS1(=O)=O. The molecule has 3 aliphatic heterocycles. The van der Waals surface area contributed by atoms with Crippen molar-refractivity contribution in [3.63, 3.8) is 0 Å². The van der Waals surface area contributed by atoms with Crippen LogP contribution < -0.4 is 14.4 Å². The number of ether oxygens (including phenoxy) is 3. The van der Waals surface area contributed by atoms with E-state index < -0.39 is 26.8 Å². The summed E-state index contributed by atoms with van der Waals surface area (Å²) in [5.74, 6) is 0.309. The molecule has 1 amide bonds. The van der Waals surface area contributed by atoms with Gasteiger partial charge in [0.25, 0.3) is 5.91 Å². The van der Waals surface area contributed by atoms with E-state index in [1.807, 2.05) is 32.2 Å². The number of amides is 1. The Morgan fingerprint density at radius 1 is 1.07 bits per heavy atom. The Morgan fingerprint density at radius 2 is 1.87 bits per heavy atom. The number of halogens is 1. The van der Waals surface area contributed by atoms with Crippen molar-refractivity contribution in [2.75, 3.05) is 78.1 Å². The smallest absolute Gasteiger partial charge is 0.264 e. The maximum atomic E-state index is 13.9. The summed E-state index contributed by atoms with van der Waals surface area (Å²) < 4.78 is 49.1. The molecular weight excluding hydrogens is 724 g/mol. The first kappa shape index (κ1) is 39.6. The molecule has 2 aromatic carbocycles. The fraction of sp³-hybridized carbons (Fsp3) is 0.643. The fourth-order valence-corrected chi connectivity index (χ4v) is 11.7. The molecule has 54 heavy (non-hydrogen) atoms. The number of nitrogens with one attached hydrogen (secondary N) is 1. The number of allylic oxidation sites excluding steroid dienone is 1. The zero-order valence-electron chi connectivity index (χ0n) is 32.7. The number of hydrogen-bond donors (Lipinski definition) is 1. The molecule has 296 valence electrons. The molecule has 2 aromatic rings. The lowest BCUT2D eigenvalue weighted by Gasteiger charge is -2.52. The number of benzene rings is 2. The second-order valence-electron chi connectivity index (χ2n) is 16.9. The molecule has 1 spiro atoms. The van der Waals surface area contributed by atoms with Crippen LogP contribution in [0.15, 0.2) is 48.6 Å². The first-order valence-corrected chi connectivity index (χ1v) is 21.8. The molecular formula is C42H59ClN4O6S. The highest BCUT2D eigenvalue weighted by Crippen LogP contribution is 2.49. The van der Waals surface area contributed by atoms with Crippen molar-refractivity contribution in [1.29, 1.82) is 0 Å². The average molecular weight is 783 g/mol. The quantitative estimate of drug-likeness (QED) is 0.358. The number of sulfonamides is 1. The van der Waals surface area contributed by atoms with Crippen LogP contribution in [0.3, 0.4) is 0 Å². The number of aryl methyl sites for hydroxylation is 1. The van der Waals surface area contributed by atoms with Crippen LogP contribution >= 0.6 is 11.6 Å². The van der Waals surface area contributed by atoms with E-state index in [1.165, 1.54) is 18.2 Å². The van der Waals surface area contributed by atoms with E-state index in [-0.39, 0.29) is 29.4 Å². The molecule has 2 fully saturated rings. The molecule has 7 rings (SSSR count). The number of carbonyl (C=O) groups excluding carboxylic acids is 1. The molecule has 3 heterocycles. The summed E-state index contributed by atoms with van der Waals surface area (Å²) in [6.45, 7) is 13.2. The normalized spacial score (nSPS) is 32.5. The molecule has 2 bridgehead atoms. The van der Waals surface area contributed by atoms with Gasteiger partial charge in [0, 0.05) is 82.1 Å². The Morgan fingerprint density at radius 3 is 2.57 bits per heavy atom. The lowest BCUT2D eigenvalue weighted by Crippen LogP contribution is -2.59. The number of carbonyl (C=O) groups is 1. The number of piperazine rings is 1. The molecule has 1 saturated carbocycles. The predicted molar refractivity (Wildman–Crippen MR) is 214 cm³/mol. The van der Waals surface area contributed by atoms with Crippen LogP contribution in [-0.4, -0.2) is 114 Å². The third-order valence-electron chi connectivity index (χ3n) is 13.3. The summed E-state index contributed by atoms with van der Waals surface area (Å²) >= 11 is 6.51. The highest BCUT2D eigenvalue weighted by atomic mass is 35.5. The van der Waals surface area contributed by atoms with Gasteiger partial charge in [-0.25, -0.2) is 13.1 Å². The summed E-state index contributed by atoms with van der Waals surface area (Å²) in [5.41, 5.74) is 2.82. The van der Waals surface area contributed by atoms with Gasteiger partial charge in [0.05, 0.1) is 18.9 Å². The van der Waals surface area contributed by atoms with Gasteiger partial charge in [0.2, 0.25) is 10.0 Å². The van der Waals surface area contributed by atoms with Crippen molar-refractivity contribution in [3.05, 3.63) is 70.3 Å². The predicted octanol–water partition coefficient (Wildman–Crippen LogP) is 5.92. The molecule has 0 aromatic heterocycles. The van der Waals surface area contributed by atoms with Gasteiger partial charge >= 0.3 is 0 Å². The number of hydrogen-bond acceptors (Lipinski definition) is 9. The van der Waals surface area contributed by atoms with E-state index in [4.69, 9.17) is 25.8 Å². The average Bonchev–Trinajstić information content (AvgIpc) is 3.28. The summed E-state index contributed by atoms with van der Waals surface area (Å²) in [7, 11) is -0.752. The Kier molecular flexibility index (Phi) is 11.8. The number of fused-ring (bicyclic) bond motifs is 4. The highest BCUT2D eigenvalue weighted by Gasteiger charge is 2.50. The molecule has 10 nitrogen and oxygen atoms in total. The monoisotopic (exact) mass is 782 g/mol. The second kappa shape index (κ2) is 16.1. The third-order valence-corrected chi connectivity index (χ3v) is 15.4. The van der Waals surface area contributed by atoms with Crippen LogP contribution in [0.4, 0.5) is 5.69 Å². The van der Waals surface area contributed by atoms with Crippen molar-refractivity contribution in [1.82, 2.24) is 14.5 Å². The fourth-order valence-electron chi connectivity index (χ4n) is 9.96. The van der Waals surface area contributed by atoms with E-state index in [0.29, 0.717) is 37.3 Å². The highest BCUT2D eigenvalue weighted by molar-refractivity contribution is 7.90. The minimum atomic E-state index is -4.10. The number of methoxy groups -OCH3 is 2. The van der Waals surface area contributed by atoms with Crippen LogP contribution in [0.25, 0.3) is 0 Å². The zero-order chi connectivity index (χ0) is 38.3. The summed E-state index contributed by atoms with van der Waals surface area (Å²) in [5, 5.41) is -0.185. The Hall–Kier alpha value is -2.67. The van der Waals surface area contributed by atoms with Crippen molar-refractivity contribution in [2.24, 2.45) is 17.8 Å². The van der Waals surface area contributed by atoms with E-state index in [9.17, 15) is 13.2 Å². The van der Waals surface area contributed by atoms with Crippen LogP contribution in [0.1, 0.15) is 74.4 Å². The first-order valence-electron chi connectivity index (χ1n) is 19.9. The molecule has 5 aliphatic rings. The Balaban J connectivity index is 1.30. The van der Waals surface area contributed by atoms with Crippen molar-refractivity contribution >= 4 is 33.2 Å². The molecule has 1 saturated heterocycles. The lowest BCUT2D eigenvalue weighted by atomic mass is 9.63. The topological polar surface area (TPSA) is 101 Å². The van der Waals surface area contributed by atoms with Crippen LogP contribution in [0, 0.1) is 17.8 Å². The van der Waals surface area contributed by atoms with Gasteiger partial charge in [-0.15, -0.1) is 0 Å². The molecule has 2 aliphatic carbocycles. The summed E-state index contributed by atoms with van der Waals surface area (Å²) in [4.78, 5) is 21.3. The standard InChI is InChI=1S/C42H59ClN4O6S/c1-29(2)46-20-18-45(19-21-46)27-42(52-5)17-6-8-30(3)39(25-51-4)54(49,50)44-40(48)32-11-15-38-37(23-32)47(24-33-10-13-36(33)42)26-41(28-53-38)16-7-9-31-22-34(43)12-14-35(31)41/h6,11-12,14-15,17,22-23,29-30,33,36,39H,7-10,13,16,18-21,24-28H2,1-5H3,(H,44,48)/b17-6+/t30-,33-,36+,39+,41-,42+/m0/s1. The molecule has 6 atom stereocenters. The maximum Gasteiger partial charge on any atom is 0.264 e. The summed E-state index contributed by atoms with van der Waals surface area (Å²) in [6.07, 6.45) is 9.96. The van der Waals surface area contributed by atoms with E-state index in [1.54, 1.807) is 6.07 Å². The van der Waals surface area contributed by atoms with Crippen LogP contribution in [-0.2, 0) is 31.3 Å². The van der Waals surface area contributed by atoms with Crippen molar-refractivity contribution in [3.8, 4) is 5.75 Å². The van der Waals surface area contributed by atoms with Gasteiger partial charge < -0.3 is 19.1 Å². The summed E-state index contributed by atoms with van der Waals surface area (Å²) in [6, 6.07) is 12.1. The molecule has 0 radical (unpaired) electrons. The number of anilines is 1. The van der Waals surface area contributed by atoms with E-state index in [2.05, 4.69) is 57.6 Å². The Labute approximate surface area is 327 Å².